The van der Waals surface area contributed by atoms with Crippen LogP contribution in [0.4, 0.5) is 20.3 Å². The van der Waals surface area contributed by atoms with Gasteiger partial charge < -0.3 is 37.9 Å². The summed E-state index contributed by atoms with van der Waals surface area (Å²) >= 11 is 0. The average Bonchev–Trinajstić information content (AvgIpc) is 3.51. The van der Waals surface area contributed by atoms with Gasteiger partial charge in [0, 0.05) is 62.1 Å². The summed E-state index contributed by atoms with van der Waals surface area (Å²) in [6, 6.07) is 7.30. The van der Waals surface area contributed by atoms with Crippen molar-refractivity contribution in [3.63, 3.8) is 0 Å². The molecule has 9 N–H and O–H groups in total. The quantitative estimate of drug-likeness (QED) is 0.0589. The number of anilines is 2. The van der Waals surface area contributed by atoms with Crippen LogP contribution in [0.15, 0.2) is 58.9 Å². The minimum Gasteiger partial charge on any atom is -0.485 e. The molecule has 4 aromatic rings. The molecular weight excluding hydrogens is 624 g/mol. The Balaban J connectivity index is 1.39. The van der Waals surface area contributed by atoms with E-state index < -0.39 is 17.7 Å². The molecule has 0 aliphatic rings. The van der Waals surface area contributed by atoms with Crippen molar-refractivity contribution in [3.8, 4) is 17.0 Å². The summed E-state index contributed by atoms with van der Waals surface area (Å²) in [4.78, 5) is 41.6. The molecular formula is C32H39F2N11O3. The number of hydrogen-bond acceptors (Lipinski definition) is 9. The zero-order valence-electron chi connectivity index (χ0n) is 26.7. The number of aryl methyl sites for hydroxylation is 1. The number of imidazole rings is 1. The summed E-state index contributed by atoms with van der Waals surface area (Å²) in [7, 11) is 1.55. The molecule has 4 rings (SSSR count). The van der Waals surface area contributed by atoms with Crippen molar-refractivity contribution in [1.82, 2.24) is 25.0 Å². The van der Waals surface area contributed by atoms with Crippen LogP contribution in [0.2, 0.25) is 0 Å². The van der Waals surface area contributed by atoms with Crippen LogP contribution >= 0.6 is 0 Å². The van der Waals surface area contributed by atoms with Crippen molar-refractivity contribution in [3.05, 3.63) is 71.7 Å². The van der Waals surface area contributed by atoms with Gasteiger partial charge in [0.15, 0.2) is 29.0 Å². The lowest BCUT2D eigenvalue weighted by Gasteiger charge is -2.14. The Kier molecular flexibility index (Phi) is 12.3. The molecule has 2 heterocycles. The number of halogens is 2. The number of ether oxygens (including phenoxy) is 1. The van der Waals surface area contributed by atoms with Gasteiger partial charge in [-0.1, -0.05) is 6.92 Å². The van der Waals surface area contributed by atoms with Gasteiger partial charge in [-0.25, -0.2) is 14.4 Å². The van der Waals surface area contributed by atoms with Gasteiger partial charge in [0.25, 0.3) is 5.91 Å². The number of carbonyl (C=O) groups excluding carboxylic acids is 2. The molecule has 0 saturated heterocycles. The zero-order chi connectivity index (χ0) is 34.6. The first-order chi connectivity index (χ1) is 23.1. The minimum absolute atomic E-state index is 0.000721. The molecule has 0 aliphatic heterocycles. The molecule has 0 aliphatic carbocycles. The number of benzene rings is 2. The zero-order valence-corrected chi connectivity index (χ0v) is 26.7. The van der Waals surface area contributed by atoms with Crippen molar-refractivity contribution in [2.75, 3.05) is 38.6 Å². The third-order valence-corrected chi connectivity index (χ3v) is 7.25. The van der Waals surface area contributed by atoms with Gasteiger partial charge in [-0.05, 0) is 55.2 Å². The van der Waals surface area contributed by atoms with E-state index in [-0.39, 0.29) is 48.8 Å². The molecule has 2 aromatic heterocycles. The molecule has 16 heteroatoms. The smallest absolute Gasteiger partial charge is 0.251 e. The maximum atomic E-state index is 15.1. The Morgan fingerprint density at radius 1 is 1.10 bits per heavy atom. The molecule has 0 spiro atoms. The molecule has 0 radical (unpaired) electrons. The number of fused-ring (bicyclic) bond motifs is 1. The van der Waals surface area contributed by atoms with Crippen molar-refractivity contribution in [2.45, 2.75) is 32.2 Å². The number of aromatic nitrogens is 3. The van der Waals surface area contributed by atoms with Crippen LogP contribution in [0.1, 0.15) is 35.7 Å². The van der Waals surface area contributed by atoms with Crippen LogP contribution in [-0.2, 0) is 11.2 Å². The number of rotatable bonds is 16. The van der Waals surface area contributed by atoms with Gasteiger partial charge in [-0.15, -0.1) is 0 Å². The number of amides is 2. The van der Waals surface area contributed by atoms with Gasteiger partial charge in [0.05, 0.1) is 17.9 Å². The maximum absolute atomic E-state index is 15.1. The molecule has 1 atom stereocenters. The van der Waals surface area contributed by atoms with E-state index in [0.717, 1.165) is 5.56 Å². The van der Waals surface area contributed by atoms with E-state index in [1.54, 1.807) is 29.8 Å². The molecule has 254 valence electrons. The first-order valence-electron chi connectivity index (χ1n) is 15.2. The number of nitrogens with one attached hydrogen (secondary N) is 3. The topological polar surface area (TPSA) is 212 Å². The number of carbonyl (C=O) groups is 2. The third kappa shape index (κ3) is 8.79. The normalized spacial score (nSPS) is 11.8. The fraction of sp³-hybridized carbons (Fsp3) is 0.312. The predicted molar refractivity (Wildman–Crippen MR) is 181 cm³/mol. The Morgan fingerprint density at radius 2 is 1.90 bits per heavy atom. The molecule has 2 amide bonds. The van der Waals surface area contributed by atoms with Gasteiger partial charge in [0.1, 0.15) is 6.61 Å². The number of nitrogens with two attached hydrogens (primary N) is 3. The number of hydrogen-bond donors (Lipinski definition) is 6. The first-order valence-corrected chi connectivity index (χ1v) is 15.2. The maximum Gasteiger partial charge on any atom is 0.251 e. The minimum atomic E-state index is -1.11. The number of guanidine groups is 1. The van der Waals surface area contributed by atoms with E-state index in [2.05, 4.69) is 35.9 Å². The number of aliphatic imine (C=N–C) groups is 2. The summed E-state index contributed by atoms with van der Waals surface area (Å²) in [5.41, 5.74) is 19.0. The van der Waals surface area contributed by atoms with Gasteiger partial charge in [-0.3, -0.25) is 24.0 Å². The fourth-order valence-electron chi connectivity index (χ4n) is 4.81. The van der Waals surface area contributed by atoms with Crippen LogP contribution in [-0.4, -0.2) is 77.7 Å². The van der Waals surface area contributed by atoms with E-state index in [4.69, 9.17) is 21.9 Å². The van der Waals surface area contributed by atoms with Crippen LogP contribution in [0.5, 0.6) is 5.75 Å². The second-order valence-electron chi connectivity index (χ2n) is 10.6. The van der Waals surface area contributed by atoms with E-state index in [0.29, 0.717) is 54.2 Å². The van der Waals surface area contributed by atoms with Crippen LogP contribution in [0.3, 0.4) is 0 Å². The monoisotopic (exact) mass is 663 g/mol. The van der Waals surface area contributed by atoms with E-state index in [1.165, 1.54) is 30.7 Å². The molecule has 0 saturated carbocycles. The van der Waals surface area contributed by atoms with Crippen LogP contribution < -0.4 is 37.9 Å². The van der Waals surface area contributed by atoms with E-state index in [1.807, 2.05) is 13.0 Å². The standard InChI is InChI=1S/C32H39F2N11O3/c1-3-19-17-20(6-7-21(19)30(46)40-11-12-41-31(47)23(35)5-4-10-42-32(36)37)44-28-29-43-18-24(45(29)15-13-39-28)22-8-9-25(27(34)26(22)33)48-16-14-38-2/h6-9,13-15,17-18,23H,3-5,10-12,16,35H2,1-2H3,(H,39,44)(H,40,46)(H,41,47)(H4,36,37,42)/t23-/m0/s1. The molecule has 0 bridgehead atoms. The van der Waals surface area contributed by atoms with Gasteiger partial charge in [0.2, 0.25) is 11.7 Å². The second kappa shape index (κ2) is 16.8. The van der Waals surface area contributed by atoms with Crippen LogP contribution in [0, 0.1) is 11.6 Å². The lowest BCUT2D eigenvalue weighted by atomic mass is 10.0. The first kappa shape index (κ1) is 35.2. The van der Waals surface area contributed by atoms with Crippen molar-refractivity contribution in [2.24, 2.45) is 27.2 Å². The largest absolute Gasteiger partial charge is 0.485 e. The highest BCUT2D eigenvalue weighted by atomic mass is 19.2. The van der Waals surface area contributed by atoms with E-state index in [9.17, 15) is 14.0 Å². The summed E-state index contributed by atoms with van der Waals surface area (Å²) in [5, 5.41) is 8.73. The molecule has 14 nitrogen and oxygen atoms in total. The summed E-state index contributed by atoms with van der Waals surface area (Å²) in [6.45, 7) is 2.73. The lowest BCUT2D eigenvalue weighted by Crippen LogP contribution is -2.43. The Labute approximate surface area is 275 Å². The highest BCUT2D eigenvalue weighted by Gasteiger charge is 2.20. The second-order valence-corrected chi connectivity index (χ2v) is 10.6. The number of nitrogens with zero attached hydrogens (tertiary/aromatic N) is 5. The van der Waals surface area contributed by atoms with Crippen molar-refractivity contribution < 1.29 is 23.1 Å². The molecule has 48 heavy (non-hydrogen) atoms. The Hall–Kier alpha value is -5.64. The van der Waals surface area contributed by atoms with E-state index >= 15 is 4.39 Å². The molecule has 2 aromatic carbocycles. The highest BCUT2D eigenvalue weighted by Crippen LogP contribution is 2.32. The third-order valence-electron chi connectivity index (χ3n) is 7.25. The summed E-state index contributed by atoms with van der Waals surface area (Å²) in [6.07, 6.45) is 7.51. The lowest BCUT2D eigenvalue weighted by molar-refractivity contribution is -0.122. The van der Waals surface area contributed by atoms with Crippen molar-refractivity contribution in [1.29, 1.82) is 0 Å². The average molecular weight is 664 g/mol. The molecule has 0 unspecified atom stereocenters. The highest BCUT2D eigenvalue weighted by molar-refractivity contribution is 5.96. The summed E-state index contributed by atoms with van der Waals surface area (Å²) < 4.78 is 36.7. The predicted octanol–water partition coefficient (Wildman–Crippen LogP) is 2.29. The Bertz CT molecular complexity index is 1810. The van der Waals surface area contributed by atoms with Crippen LogP contribution in [0.25, 0.3) is 16.9 Å². The SMILES string of the molecule is CCc1cc(Nc2nccn3c(-c4ccc(OCC=NC)c(F)c4F)cnc23)ccc1C(=O)NCCNC(=O)[C@@H](N)CCCN=C(N)N. The molecule has 0 fully saturated rings. The van der Waals surface area contributed by atoms with Crippen molar-refractivity contribution >= 4 is 41.1 Å². The van der Waals surface area contributed by atoms with Gasteiger partial charge >= 0.3 is 0 Å². The van der Waals surface area contributed by atoms with Gasteiger partial charge in [-0.2, -0.15) is 4.39 Å². The Morgan fingerprint density at radius 3 is 2.65 bits per heavy atom. The summed E-state index contributed by atoms with van der Waals surface area (Å²) in [5.74, 6) is -2.68. The fourth-order valence-corrected chi connectivity index (χ4v) is 4.81.